The van der Waals surface area contributed by atoms with Crippen molar-refractivity contribution in [1.29, 1.82) is 0 Å². The number of hydrogen-bond acceptors (Lipinski definition) is 5. The van der Waals surface area contributed by atoms with E-state index >= 15 is 0 Å². The van der Waals surface area contributed by atoms with E-state index in [0.29, 0.717) is 9.87 Å². The Morgan fingerprint density at radius 1 is 1.07 bits per heavy atom. The molecule has 0 aliphatic carbocycles. The lowest BCUT2D eigenvalue weighted by atomic mass is 9.95. The van der Waals surface area contributed by atoms with Gasteiger partial charge in [0.15, 0.2) is 0 Å². The fourth-order valence-electron chi connectivity index (χ4n) is 3.21. The number of carbonyl (C=O) groups excluding carboxylic acids is 2. The van der Waals surface area contributed by atoms with Gasteiger partial charge >= 0.3 is 12.0 Å². The molecule has 0 saturated carbocycles. The van der Waals surface area contributed by atoms with Gasteiger partial charge in [0.05, 0.1) is 17.1 Å². The number of nitrogens with zero attached hydrogens (tertiary/aromatic N) is 1. The van der Waals surface area contributed by atoms with E-state index < -0.39 is 28.1 Å². The fraction of sp³-hybridized carbons (Fsp3) is 0.238. The van der Waals surface area contributed by atoms with Crippen LogP contribution in [0.1, 0.15) is 31.0 Å². The SMILES string of the molecule is CCOC(=O)C1=C(C)NC(=O)N(S(=O)(=O)c2ccc(C)cc2)C1c1ccccc1. The molecule has 8 heteroatoms. The molecule has 0 spiro atoms. The number of sulfonamides is 1. The maximum absolute atomic E-state index is 13.4. The molecule has 152 valence electrons. The lowest BCUT2D eigenvalue weighted by Gasteiger charge is -2.36. The van der Waals surface area contributed by atoms with Gasteiger partial charge in [-0.25, -0.2) is 22.3 Å². The van der Waals surface area contributed by atoms with Crippen LogP contribution in [-0.2, 0) is 19.6 Å². The summed E-state index contributed by atoms with van der Waals surface area (Å²) in [5.41, 5.74) is 1.71. The molecule has 1 aliphatic rings. The zero-order chi connectivity index (χ0) is 21.2. The molecule has 1 unspecified atom stereocenters. The molecule has 1 N–H and O–H groups in total. The van der Waals surface area contributed by atoms with Crippen molar-refractivity contribution in [3.63, 3.8) is 0 Å². The van der Waals surface area contributed by atoms with E-state index in [1.54, 1.807) is 56.3 Å². The molecular weight excluding hydrogens is 392 g/mol. The van der Waals surface area contributed by atoms with Crippen molar-refractivity contribution in [2.75, 3.05) is 6.61 Å². The van der Waals surface area contributed by atoms with Gasteiger partial charge in [-0.3, -0.25) is 0 Å². The summed E-state index contributed by atoms with van der Waals surface area (Å²) in [6, 6.07) is 12.8. The van der Waals surface area contributed by atoms with Crippen molar-refractivity contribution in [2.24, 2.45) is 0 Å². The summed E-state index contributed by atoms with van der Waals surface area (Å²) < 4.78 is 32.7. The highest BCUT2D eigenvalue weighted by atomic mass is 32.2. The summed E-state index contributed by atoms with van der Waals surface area (Å²) in [7, 11) is -4.25. The molecule has 2 amide bonds. The van der Waals surface area contributed by atoms with Crippen LogP contribution in [0.2, 0.25) is 0 Å². The maximum Gasteiger partial charge on any atom is 0.338 e. The van der Waals surface area contributed by atoms with Gasteiger partial charge in [-0.05, 0) is 38.5 Å². The highest BCUT2D eigenvalue weighted by Gasteiger charge is 2.45. The Morgan fingerprint density at radius 3 is 2.28 bits per heavy atom. The van der Waals surface area contributed by atoms with Gasteiger partial charge in [0, 0.05) is 5.70 Å². The Morgan fingerprint density at radius 2 is 1.69 bits per heavy atom. The molecule has 29 heavy (non-hydrogen) atoms. The lowest BCUT2D eigenvalue weighted by molar-refractivity contribution is -0.139. The first-order chi connectivity index (χ1) is 13.8. The second kappa shape index (κ2) is 8.08. The third kappa shape index (κ3) is 3.88. The van der Waals surface area contributed by atoms with Gasteiger partial charge in [0.25, 0.3) is 10.0 Å². The quantitative estimate of drug-likeness (QED) is 0.758. The van der Waals surface area contributed by atoms with E-state index in [0.717, 1.165) is 5.56 Å². The fourth-order valence-corrected chi connectivity index (χ4v) is 4.68. The smallest absolute Gasteiger partial charge is 0.338 e. The minimum atomic E-state index is -4.25. The normalized spacial score (nSPS) is 17.1. The van der Waals surface area contributed by atoms with Crippen LogP contribution in [0.3, 0.4) is 0 Å². The average Bonchev–Trinajstić information content (AvgIpc) is 2.68. The van der Waals surface area contributed by atoms with Gasteiger partial charge in [-0.1, -0.05) is 48.0 Å². The van der Waals surface area contributed by atoms with Crippen molar-refractivity contribution < 1.29 is 22.7 Å². The molecule has 0 aromatic heterocycles. The number of aryl methyl sites for hydroxylation is 1. The molecule has 0 fully saturated rings. The molecule has 3 rings (SSSR count). The summed E-state index contributed by atoms with van der Waals surface area (Å²) in [6.07, 6.45) is 0. The zero-order valence-corrected chi connectivity index (χ0v) is 17.2. The number of rotatable bonds is 5. The van der Waals surface area contributed by atoms with Crippen molar-refractivity contribution >= 4 is 22.0 Å². The standard InChI is InChI=1S/C21H22N2O5S/c1-4-28-20(24)18-15(3)22-21(25)23(19(18)16-8-6-5-7-9-16)29(26,27)17-12-10-14(2)11-13-17/h5-13,19H,4H2,1-3H3,(H,22,25). The number of hydrogen-bond donors (Lipinski definition) is 1. The van der Waals surface area contributed by atoms with E-state index in [9.17, 15) is 18.0 Å². The zero-order valence-electron chi connectivity index (χ0n) is 16.4. The van der Waals surface area contributed by atoms with Gasteiger partial charge in [0.2, 0.25) is 0 Å². The summed E-state index contributed by atoms with van der Waals surface area (Å²) in [5, 5.41) is 2.49. The third-order valence-electron chi connectivity index (χ3n) is 4.59. The number of ether oxygens (including phenoxy) is 1. The Bertz CT molecular complexity index is 1060. The molecule has 0 bridgehead atoms. The van der Waals surface area contributed by atoms with Crippen LogP contribution in [0, 0.1) is 6.92 Å². The van der Waals surface area contributed by atoms with E-state index in [1.165, 1.54) is 12.1 Å². The predicted molar refractivity (Wildman–Crippen MR) is 107 cm³/mol. The van der Waals surface area contributed by atoms with Crippen molar-refractivity contribution in [2.45, 2.75) is 31.7 Å². The van der Waals surface area contributed by atoms with Gasteiger partial charge in [-0.15, -0.1) is 0 Å². The van der Waals surface area contributed by atoms with E-state index in [-0.39, 0.29) is 22.8 Å². The number of benzene rings is 2. The molecule has 7 nitrogen and oxygen atoms in total. The van der Waals surface area contributed by atoms with Crippen LogP contribution in [0.25, 0.3) is 0 Å². The number of carbonyl (C=O) groups is 2. The minimum absolute atomic E-state index is 0.0399. The number of amides is 2. The van der Waals surface area contributed by atoms with E-state index in [1.807, 2.05) is 6.92 Å². The van der Waals surface area contributed by atoms with Crippen LogP contribution in [-0.4, -0.2) is 31.3 Å². The minimum Gasteiger partial charge on any atom is -0.463 e. The largest absolute Gasteiger partial charge is 0.463 e. The Hall–Kier alpha value is -3.13. The molecule has 1 heterocycles. The Balaban J connectivity index is 2.22. The molecule has 1 aliphatic heterocycles. The van der Waals surface area contributed by atoms with Crippen molar-refractivity contribution in [3.05, 3.63) is 77.0 Å². The maximum atomic E-state index is 13.4. The molecule has 1 atom stereocenters. The molecule has 0 saturated heterocycles. The first-order valence-corrected chi connectivity index (χ1v) is 10.6. The first-order valence-electron chi connectivity index (χ1n) is 9.12. The average molecular weight is 414 g/mol. The van der Waals surface area contributed by atoms with Gasteiger partial charge < -0.3 is 10.1 Å². The third-order valence-corrected chi connectivity index (χ3v) is 6.36. The second-order valence-electron chi connectivity index (χ2n) is 6.62. The van der Waals surface area contributed by atoms with Gasteiger partial charge in [0.1, 0.15) is 6.04 Å². The van der Waals surface area contributed by atoms with Crippen LogP contribution >= 0.6 is 0 Å². The summed E-state index contributed by atoms with van der Waals surface area (Å²) in [4.78, 5) is 25.5. The van der Waals surface area contributed by atoms with Crippen LogP contribution in [0.15, 0.2) is 70.8 Å². The summed E-state index contributed by atoms with van der Waals surface area (Å²) >= 11 is 0. The van der Waals surface area contributed by atoms with Gasteiger partial charge in [-0.2, -0.15) is 0 Å². The topological polar surface area (TPSA) is 92.8 Å². The summed E-state index contributed by atoms with van der Waals surface area (Å²) in [5.74, 6) is -0.678. The number of nitrogens with one attached hydrogen (secondary N) is 1. The number of allylic oxidation sites excluding steroid dienone is 1. The van der Waals surface area contributed by atoms with Crippen molar-refractivity contribution in [3.8, 4) is 0 Å². The predicted octanol–water partition coefficient (Wildman–Crippen LogP) is 3.29. The highest BCUT2D eigenvalue weighted by molar-refractivity contribution is 7.89. The molecular formula is C21H22N2O5S. The number of urea groups is 1. The van der Waals surface area contributed by atoms with Crippen LogP contribution in [0.5, 0.6) is 0 Å². The van der Waals surface area contributed by atoms with Crippen LogP contribution in [0.4, 0.5) is 4.79 Å². The van der Waals surface area contributed by atoms with E-state index in [4.69, 9.17) is 4.74 Å². The lowest BCUT2D eigenvalue weighted by Crippen LogP contribution is -2.51. The number of esters is 1. The Kier molecular flexibility index (Phi) is 5.74. The second-order valence-corrected chi connectivity index (χ2v) is 8.43. The van der Waals surface area contributed by atoms with E-state index in [2.05, 4.69) is 5.32 Å². The molecule has 2 aromatic rings. The first kappa shape index (κ1) is 20.6. The monoisotopic (exact) mass is 414 g/mol. The summed E-state index contributed by atoms with van der Waals surface area (Å²) in [6.45, 7) is 5.17. The van der Waals surface area contributed by atoms with Crippen LogP contribution < -0.4 is 5.32 Å². The molecule has 2 aromatic carbocycles. The van der Waals surface area contributed by atoms with Crippen molar-refractivity contribution in [1.82, 2.24) is 9.62 Å². The highest BCUT2D eigenvalue weighted by Crippen LogP contribution is 2.38. The Labute approximate surface area is 170 Å². The molecule has 0 radical (unpaired) electrons.